The van der Waals surface area contributed by atoms with Crippen LogP contribution in [-0.4, -0.2) is 67.8 Å². The smallest absolute Gasteiger partial charge is 0.260 e. The van der Waals surface area contributed by atoms with Gasteiger partial charge in [-0.2, -0.15) is 4.31 Å². The van der Waals surface area contributed by atoms with Crippen LogP contribution >= 0.6 is 23.7 Å². The molecule has 2 heterocycles. The van der Waals surface area contributed by atoms with Crippen LogP contribution < -0.4 is 4.90 Å². The lowest BCUT2D eigenvalue weighted by atomic mass is 10.2. The van der Waals surface area contributed by atoms with Crippen LogP contribution in [0, 0.1) is 5.82 Å². The molecule has 36 heavy (non-hydrogen) atoms. The summed E-state index contributed by atoms with van der Waals surface area (Å²) in [6.07, 6.45) is 2.76. The summed E-state index contributed by atoms with van der Waals surface area (Å²) < 4.78 is 42.4. The van der Waals surface area contributed by atoms with Gasteiger partial charge in [0.15, 0.2) is 5.13 Å². The number of anilines is 1. The van der Waals surface area contributed by atoms with Gasteiger partial charge in [0, 0.05) is 31.7 Å². The maximum absolute atomic E-state index is 14.3. The van der Waals surface area contributed by atoms with Crippen molar-refractivity contribution >= 4 is 55.0 Å². The zero-order chi connectivity index (χ0) is 25.0. The summed E-state index contributed by atoms with van der Waals surface area (Å²) in [6.45, 7) is 7.88. The van der Waals surface area contributed by atoms with Crippen LogP contribution in [0.5, 0.6) is 0 Å². The number of nitrogens with zero attached hydrogens (tertiary/aromatic N) is 4. The number of halogens is 2. The molecule has 0 saturated carbocycles. The Balaban J connectivity index is 0.00000361. The third kappa shape index (κ3) is 6.06. The highest BCUT2D eigenvalue weighted by atomic mass is 35.5. The van der Waals surface area contributed by atoms with Crippen molar-refractivity contribution in [3.8, 4) is 0 Å². The van der Waals surface area contributed by atoms with Gasteiger partial charge in [0.25, 0.3) is 5.91 Å². The Morgan fingerprint density at radius 2 is 1.69 bits per heavy atom. The molecule has 1 aliphatic rings. The van der Waals surface area contributed by atoms with Gasteiger partial charge in [0.1, 0.15) is 11.3 Å². The number of fused-ring (bicyclic) bond motifs is 1. The molecule has 11 heteroatoms. The lowest BCUT2D eigenvalue weighted by Gasteiger charge is -2.26. The molecule has 7 nitrogen and oxygen atoms in total. The first-order valence-corrected chi connectivity index (χ1v) is 14.3. The summed E-state index contributed by atoms with van der Waals surface area (Å²) in [5.74, 6) is -0.716. The monoisotopic (exact) mass is 554 g/mol. The van der Waals surface area contributed by atoms with E-state index >= 15 is 0 Å². The van der Waals surface area contributed by atoms with E-state index < -0.39 is 15.8 Å². The fourth-order valence-corrected chi connectivity index (χ4v) is 6.79. The first-order chi connectivity index (χ1) is 16.8. The van der Waals surface area contributed by atoms with E-state index in [1.54, 1.807) is 29.2 Å². The number of hydrogen-bond donors (Lipinski definition) is 0. The molecule has 4 rings (SSSR count). The number of sulfonamides is 1. The topological polar surface area (TPSA) is 73.8 Å². The Morgan fingerprint density at radius 1 is 1.03 bits per heavy atom. The average molecular weight is 555 g/mol. The van der Waals surface area contributed by atoms with Crippen LogP contribution in [0.15, 0.2) is 47.4 Å². The van der Waals surface area contributed by atoms with E-state index in [9.17, 15) is 17.6 Å². The third-order valence-electron chi connectivity index (χ3n) is 6.42. The minimum atomic E-state index is -3.58. The Bertz CT molecular complexity index is 1270. The minimum absolute atomic E-state index is 0. The minimum Gasteiger partial charge on any atom is -0.302 e. The largest absolute Gasteiger partial charge is 0.302 e. The molecule has 2 aromatic carbocycles. The Morgan fingerprint density at radius 3 is 2.31 bits per heavy atom. The summed E-state index contributed by atoms with van der Waals surface area (Å²) in [5, 5.41) is 0.423. The number of thiazole rings is 1. The number of hydrogen-bond acceptors (Lipinski definition) is 6. The number of likely N-dealkylation sites (N-methyl/N-ethyl adjacent to an activating group) is 1. The standard InChI is InChI=1S/C25H31FN4O3S2.ClH/c1-3-28(4-2)17-18-30(25-27-23-21(26)9-8-10-22(23)34-25)24(31)19-11-13-20(14-12-19)35(32,33)29-15-6-5-7-16-29;/h8-14H,3-7,15-18H2,1-2H3;1H. The van der Waals surface area contributed by atoms with Crippen molar-refractivity contribution in [3.63, 3.8) is 0 Å². The predicted molar refractivity (Wildman–Crippen MR) is 145 cm³/mol. The number of piperidine rings is 1. The van der Waals surface area contributed by atoms with E-state index in [1.807, 2.05) is 0 Å². The number of carbonyl (C=O) groups excluding carboxylic acids is 1. The molecule has 0 bridgehead atoms. The number of rotatable bonds is 9. The molecule has 0 atom stereocenters. The molecule has 1 aromatic heterocycles. The molecule has 0 spiro atoms. The van der Waals surface area contributed by atoms with Crippen molar-refractivity contribution in [3.05, 3.63) is 53.8 Å². The van der Waals surface area contributed by atoms with E-state index in [4.69, 9.17) is 0 Å². The van der Waals surface area contributed by atoms with Crippen molar-refractivity contribution in [1.29, 1.82) is 0 Å². The maximum Gasteiger partial charge on any atom is 0.260 e. The summed E-state index contributed by atoms with van der Waals surface area (Å²) in [7, 11) is -3.58. The first-order valence-electron chi connectivity index (χ1n) is 12.0. The van der Waals surface area contributed by atoms with Gasteiger partial charge < -0.3 is 4.90 Å². The summed E-state index contributed by atoms with van der Waals surface area (Å²) >= 11 is 1.27. The van der Waals surface area contributed by atoms with Gasteiger partial charge in [-0.25, -0.2) is 17.8 Å². The van der Waals surface area contributed by atoms with E-state index in [1.165, 1.54) is 33.8 Å². The van der Waals surface area contributed by atoms with E-state index in [0.717, 1.165) is 32.4 Å². The second kappa shape index (κ2) is 12.4. The van der Waals surface area contributed by atoms with E-state index in [-0.39, 0.29) is 28.7 Å². The normalized spacial score (nSPS) is 14.7. The summed E-state index contributed by atoms with van der Waals surface area (Å²) in [5.41, 5.74) is 0.609. The van der Waals surface area contributed by atoms with Crippen LogP contribution in [0.2, 0.25) is 0 Å². The quantitative estimate of drug-likeness (QED) is 0.371. The molecule has 196 valence electrons. The lowest BCUT2D eigenvalue weighted by Crippen LogP contribution is -2.39. The maximum atomic E-state index is 14.3. The second-order valence-electron chi connectivity index (χ2n) is 8.56. The molecule has 0 radical (unpaired) electrons. The van der Waals surface area contributed by atoms with Gasteiger partial charge in [0.05, 0.1) is 9.60 Å². The van der Waals surface area contributed by atoms with Crippen LogP contribution in [-0.2, 0) is 10.0 Å². The molecule has 3 aromatic rings. The van der Waals surface area contributed by atoms with Gasteiger partial charge in [-0.15, -0.1) is 12.4 Å². The molecule has 0 N–H and O–H groups in total. The Kier molecular flexibility index (Phi) is 9.82. The van der Waals surface area contributed by atoms with Gasteiger partial charge in [0.2, 0.25) is 10.0 Å². The van der Waals surface area contributed by atoms with Crippen molar-refractivity contribution in [2.45, 2.75) is 38.0 Å². The molecule has 1 amide bonds. The molecular weight excluding hydrogens is 523 g/mol. The number of benzene rings is 2. The molecule has 0 unspecified atom stereocenters. The third-order valence-corrected chi connectivity index (χ3v) is 9.38. The zero-order valence-corrected chi connectivity index (χ0v) is 23.0. The van der Waals surface area contributed by atoms with Crippen molar-refractivity contribution < 1.29 is 17.6 Å². The van der Waals surface area contributed by atoms with Gasteiger partial charge in [-0.3, -0.25) is 9.69 Å². The Hall–Kier alpha value is -2.11. The highest BCUT2D eigenvalue weighted by molar-refractivity contribution is 7.89. The number of aromatic nitrogens is 1. The average Bonchev–Trinajstić information content (AvgIpc) is 3.32. The predicted octanol–water partition coefficient (Wildman–Crippen LogP) is 5.02. The zero-order valence-electron chi connectivity index (χ0n) is 20.5. The fourth-order valence-electron chi connectivity index (χ4n) is 4.26. The SMILES string of the molecule is CCN(CC)CCN(C(=O)c1ccc(S(=O)(=O)N2CCCCC2)cc1)c1nc2c(F)cccc2s1.Cl. The van der Waals surface area contributed by atoms with Crippen molar-refractivity contribution in [2.24, 2.45) is 0 Å². The van der Waals surface area contributed by atoms with E-state index in [0.29, 0.717) is 41.6 Å². The number of amides is 1. The number of para-hydroxylation sites is 1. The highest BCUT2D eigenvalue weighted by Gasteiger charge is 2.27. The molecule has 1 saturated heterocycles. The number of carbonyl (C=O) groups is 1. The van der Waals surface area contributed by atoms with Gasteiger partial charge in [-0.1, -0.05) is 37.7 Å². The molecule has 1 aliphatic heterocycles. The second-order valence-corrected chi connectivity index (χ2v) is 11.5. The summed E-state index contributed by atoms with van der Waals surface area (Å²) in [4.78, 5) is 22.0. The lowest BCUT2D eigenvalue weighted by molar-refractivity contribution is 0.0983. The van der Waals surface area contributed by atoms with Crippen LogP contribution in [0.3, 0.4) is 0 Å². The van der Waals surface area contributed by atoms with Crippen molar-refractivity contribution in [1.82, 2.24) is 14.2 Å². The van der Waals surface area contributed by atoms with Gasteiger partial charge in [-0.05, 0) is 62.3 Å². The van der Waals surface area contributed by atoms with Crippen LogP contribution in [0.1, 0.15) is 43.5 Å². The molecular formula is C25H32ClFN4O3S2. The highest BCUT2D eigenvalue weighted by Crippen LogP contribution is 2.31. The molecule has 1 fully saturated rings. The van der Waals surface area contributed by atoms with Crippen LogP contribution in [0.25, 0.3) is 10.2 Å². The van der Waals surface area contributed by atoms with Gasteiger partial charge >= 0.3 is 0 Å². The Labute approximate surface area is 222 Å². The van der Waals surface area contributed by atoms with Crippen LogP contribution in [0.4, 0.5) is 9.52 Å². The van der Waals surface area contributed by atoms with Crippen molar-refractivity contribution in [2.75, 3.05) is 44.2 Å². The first kappa shape index (κ1) is 28.5. The molecule has 0 aliphatic carbocycles. The van der Waals surface area contributed by atoms with E-state index in [2.05, 4.69) is 23.7 Å². The summed E-state index contributed by atoms with van der Waals surface area (Å²) in [6, 6.07) is 10.9. The fraction of sp³-hybridized carbons (Fsp3) is 0.440.